The first kappa shape index (κ1) is 22.3. The summed E-state index contributed by atoms with van der Waals surface area (Å²) in [5, 5.41) is 6.01. The molecule has 0 bridgehead atoms. The maximum Gasteiger partial charge on any atom is 0.267 e. The highest BCUT2D eigenvalue weighted by atomic mass is 35.5. The minimum Gasteiger partial charge on any atom is -0.457 e. The second kappa shape index (κ2) is 11.2. The number of benzene rings is 2. The number of hydrogen-bond acceptors (Lipinski definition) is 4. The lowest BCUT2D eigenvalue weighted by Gasteiger charge is -2.10. The summed E-state index contributed by atoms with van der Waals surface area (Å²) in [5.41, 5.74) is 1.26. The summed E-state index contributed by atoms with van der Waals surface area (Å²) < 4.78 is 10.8. The van der Waals surface area contributed by atoms with Gasteiger partial charge >= 0.3 is 0 Å². The molecular weight excluding hydrogens is 416 g/mol. The Morgan fingerprint density at radius 2 is 1.77 bits per heavy atom. The van der Waals surface area contributed by atoms with Gasteiger partial charge in [0.05, 0.1) is 5.02 Å². The van der Waals surface area contributed by atoms with E-state index in [4.69, 9.17) is 20.8 Å². The third-order valence-electron chi connectivity index (χ3n) is 4.39. The molecule has 0 fully saturated rings. The monoisotopic (exact) mass is 438 g/mol. The van der Waals surface area contributed by atoms with E-state index in [1.807, 2.05) is 24.3 Å². The predicted octanol–water partition coefficient (Wildman–Crippen LogP) is 4.52. The van der Waals surface area contributed by atoms with Crippen LogP contribution in [0, 0.1) is 0 Å². The van der Waals surface area contributed by atoms with Gasteiger partial charge < -0.3 is 19.8 Å². The summed E-state index contributed by atoms with van der Waals surface area (Å²) in [6.07, 6.45) is 2.15. The van der Waals surface area contributed by atoms with Crippen molar-refractivity contribution < 1.29 is 18.7 Å². The number of carbonyl (C=O) groups is 2. The molecule has 0 saturated carbocycles. The van der Waals surface area contributed by atoms with Crippen molar-refractivity contribution in [2.45, 2.75) is 6.42 Å². The van der Waals surface area contributed by atoms with E-state index < -0.39 is 11.8 Å². The molecule has 31 heavy (non-hydrogen) atoms. The number of amides is 2. The molecular formula is C24H23ClN2O4. The SMILES string of the molecule is COCCCNC(=O)/C(=C\c1ccc(-c2ccccc2Cl)o1)NC(=O)c1ccccc1. The first-order chi connectivity index (χ1) is 15.1. The molecule has 0 spiro atoms. The topological polar surface area (TPSA) is 80.6 Å². The van der Waals surface area contributed by atoms with Gasteiger partial charge in [0.2, 0.25) is 0 Å². The lowest BCUT2D eigenvalue weighted by Crippen LogP contribution is -2.35. The van der Waals surface area contributed by atoms with Gasteiger partial charge in [0.15, 0.2) is 0 Å². The Labute approximate surface area is 185 Å². The third-order valence-corrected chi connectivity index (χ3v) is 4.72. The Balaban J connectivity index is 1.83. The van der Waals surface area contributed by atoms with Crippen molar-refractivity contribution in [1.82, 2.24) is 10.6 Å². The number of carbonyl (C=O) groups excluding carboxylic acids is 2. The second-order valence-corrected chi connectivity index (χ2v) is 7.07. The summed E-state index contributed by atoms with van der Waals surface area (Å²) in [4.78, 5) is 25.3. The number of ether oxygens (including phenoxy) is 1. The van der Waals surface area contributed by atoms with Crippen molar-refractivity contribution in [2.24, 2.45) is 0 Å². The molecule has 2 amide bonds. The smallest absolute Gasteiger partial charge is 0.267 e. The zero-order valence-electron chi connectivity index (χ0n) is 17.1. The van der Waals surface area contributed by atoms with Crippen LogP contribution >= 0.6 is 11.6 Å². The average Bonchev–Trinajstić information content (AvgIpc) is 3.25. The zero-order valence-corrected chi connectivity index (χ0v) is 17.8. The number of rotatable bonds is 9. The van der Waals surface area contributed by atoms with Crippen LogP contribution in [0.4, 0.5) is 0 Å². The van der Waals surface area contributed by atoms with Crippen LogP contribution in [-0.4, -0.2) is 32.1 Å². The van der Waals surface area contributed by atoms with Crippen LogP contribution in [0.15, 0.2) is 76.8 Å². The molecule has 0 aliphatic rings. The van der Waals surface area contributed by atoms with Crippen LogP contribution in [0.3, 0.4) is 0 Å². The van der Waals surface area contributed by atoms with Crippen LogP contribution < -0.4 is 10.6 Å². The average molecular weight is 439 g/mol. The molecule has 0 saturated heterocycles. The van der Waals surface area contributed by atoms with Gasteiger partial charge in [-0.05, 0) is 42.8 Å². The number of methoxy groups -OCH3 is 1. The van der Waals surface area contributed by atoms with Crippen molar-refractivity contribution >= 4 is 29.5 Å². The van der Waals surface area contributed by atoms with E-state index in [9.17, 15) is 9.59 Å². The zero-order chi connectivity index (χ0) is 22.1. The molecule has 160 valence electrons. The molecule has 3 aromatic rings. The Kier molecular flexibility index (Phi) is 8.04. The van der Waals surface area contributed by atoms with Crippen LogP contribution in [-0.2, 0) is 9.53 Å². The van der Waals surface area contributed by atoms with Gasteiger partial charge in [-0.1, -0.05) is 41.9 Å². The highest BCUT2D eigenvalue weighted by molar-refractivity contribution is 6.33. The highest BCUT2D eigenvalue weighted by Crippen LogP contribution is 2.29. The summed E-state index contributed by atoms with van der Waals surface area (Å²) in [6.45, 7) is 0.934. The fourth-order valence-corrected chi connectivity index (χ4v) is 3.06. The van der Waals surface area contributed by atoms with Gasteiger partial charge in [-0.2, -0.15) is 0 Å². The lowest BCUT2D eigenvalue weighted by atomic mass is 10.2. The molecule has 2 N–H and O–H groups in total. The molecule has 0 aliphatic carbocycles. The molecule has 0 radical (unpaired) electrons. The molecule has 0 aliphatic heterocycles. The minimum atomic E-state index is -0.420. The summed E-state index contributed by atoms with van der Waals surface area (Å²) in [5.74, 6) is 0.157. The van der Waals surface area contributed by atoms with E-state index in [2.05, 4.69) is 10.6 Å². The highest BCUT2D eigenvalue weighted by Gasteiger charge is 2.16. The fourth-order valence-electron chi connectivity index (χ4n) is 2.83. The maximum atomic E-state index is 12.7. The van der Waals surface area contributed by atoms with Crippen LogP contribution in [0.2, 0.25) is 5.02 Å². The fraction of sp³-hybridized carbons (Fsp3) is 0.167. The van der Waals surface area contributed by atoms with Crippen molar-refractivity contribution in [3.8, 4) is 11.3 Å². The van der Waals surface area contributed by atoms with Crippen molar-refractivity contribution in [3.05, 3.63) is 88.8 Å². The normalized spacial score (nSPS) is 11.2. The Hall–Kier alpha value is -3.35. The van der Waals surface area contributed by atoms with Gasteiger partial charge in [0.25, 0.3) is 11.8 Å². The van der Waals surface area contributed by atoms with Gasteiger partial charge in [0, 0.05) is 37.5 Å². The van der Waals surface area contributed by atoms with Gasteiger partial charge in [0.1, 0.15) is 17.2 Å². The summed E-state index contributed by atoms with van der Waals surface area (Å²) in [7, 11) is 1.60. The molecule has 1 aromatic heterocycles. The van der Waals surface area contributed by atoms with E-state index in [-0.39, 0.29) is 5.70 Å². The van der Waals surface area contributed by atoms with Crippen LogP contribution in [0.1, 0.15) is 22.5 Å². The molecule has 6 nitrogen and oxygen atoms in total. The standard InChI is InChI=1S/C24H23ClN2O4/c1-30-15-7-14-26-24(29)21(27-23(28)17-8-3-2-4-9-17)16-18-12-13-22(31-18)19-10-5-6-11-20(19)25/h2-6,8-13,16H,7,14-15H2,1H3,(H,26,29)(H,27,28)/b21-16+. The first-order valence-electron chi connectivity index (χ1n) is 9.78. The van der Waals surface area contributed by atoms with E-state index in [1.165, 1.54) is 6.08 Å². The number of hydrogen-bond donors (Lipinski definition) is 2. The summed E-state index contributed by atoms with van der Waals surface area (Å²) in [6, 6.07) is 19.5. The molecule has 0 atom stereocenters. The lowest BCUT2D eigenvalue weighted by molar-refractivity contribution is -0.117. The van der Waals surface area contributed by atoms with Crippen molar-refractivity contribution in [2.75, 3.05) is 20.3 Å². The number of halogens is 1. The third kappa shape index (κ3) is 6.31. The Morgan fingerprint density at radius 3 is 2.52 bits per heavy atom. The van der Waals surface area contributed by atoms with Crippen molar-refractivity contribution in [3.63, 3.8) is 0 Å². The van der Waals surface area contributed by atoms with Crippen LogP contribution in [0.5, 0.6) is 0 Å². The quantitative estimate of drug-likeness (QED) is 0.380. The van der Waals surface area contributed by atoms with E-state index in [0.717, 1.165) is 5.56 Å². The molecule has 2 aromatic carbocycles. The number of nitrogens with one attached hydrogen (secondary N) is 2. The van der Waals surface area contributed by atoms with Crippen LogP contribution in [0.25, 0.3) is 17.4 Å². The second-order valence-electron chi connectivity index (χ2n) is 6.66. The predicted molar refractivity (Wildman–Crippen MR) is 121 cm³/mol. The Bertz CT molecular complexity index is 1060. The number of furan rings is 1. The largest absolute Gasteiger partial charge is 0.457 e. The van der Waals surface area contributed by atoms with Gasteiger partial charge in [-0.25, -0.2) is 0 Å². The maximum absolute atomic E-state index is 12.7. The van der Waals surface area contributed by atoms with Crippen molar-refractivity contribution in [1.29, 1.82) is 0 Å². The van der Waals surface area contributed by atoms with E-state index >= 15 is 0 Å². The summed E-state index contributed by atoms with van der Waals surface area (Å²) >= 11 is 6.24. The van der Waals surface area contributed by atoms with E-state index in [1.54, 1.807) is 49.6 Å². The van der Waals surface area contributed by atoms with Gasteiger partial charge in [-0.3, -0.25) is 9.59 Å². The molecule has 3 rings (SSSR count). The van der Waals surface area contributed by atoms with Gasteiger partial charge in [-0.15, -0.1) is 0 Å². The minimum absolute atomic E-state index is 0.0753. The first-order valence-corrected chi connectivity index (χ1v) is 10.2. The Morgan fingerprint density at radius 1 is 1.03 bits per heavy atom. The molecule has 0 unspecified atom stereocenters. The molecule has 7 heteroatoms. The molecule has 1 heterocycles. The van der Waals surface area contributed by atoms with E-state index in [0.29, 0.717) is 41.7 Å².